The molecule has 0 aliphatic carbocycles. The summed E-state index contributed by atoms with van der Waals surface area (Å²) < 4.78 is 5.81. The molecule has 0 bridgehead atoms. The highest BCUT2D eigenvalue weighted by Crippen LogP contribution is 2.27. The van der Waals surface area contributed by atoms with Crippen molar-refractivity contribution in [3.05, 3.63) is 0 Å². The Hall–Kier alpha value is -0.820. The van der Waals surface area contributed by atoms with Crippen LogP contribution in [0.25, 0.3) is 0 Å². The number of nitrogens with one attached hydrogen (secondary N) is 1. The lowest BCUT2D eigenvalue weighted by Gasteiger charge is -2.32. The minimum absolute atomic E-state index is 0.0580. The van der Waals surface area contributed by atoms with Crippen molar-refractivity contribution < 1.29 is 14.3 Å². The first kappa shape index (κ1) is 22.2. The maximum absolute atomic E-state index is 12.7. The van der Waals surface area contributed by atoms with Gasteiger partial charge in [-0.2, -0.15) is 0 Å². The Labute approximate surface area is 161 Å². The molecule has 0 saturated carbocycles. The van der Waals surface area contributed by atoms with E-state index in [4.69, 9.17) is 17.0 Å². The van der Waals surface area contributed by atoms with Gasteiger partial charge in [0, 0.05) is 24.3 Å². The first-order valence-corrected chi connectivity index (χ1v) is 10.3. The zero-order chi connectivity index (χ0) is 19.2. The maximum atomic E-state index is 12.7. The molecule has 0 aromatic rings. The summed E-state index contributed by atoms with van der Waals surface area (Å²) in [6.07, 6.45) is 1.14. The Morgan fingerprint density at radius 1 is 1.44 bits per heavy atom. The molecule has 5 nitrogen and oxygen atoms in total. The molecule has 0 radical (unpaired) electrons. The lowest BCUT2D eigenvalue weighted by molar-refractivity contribution is -0.138. The van der Waals surface area contributed by atoms with Crippen molar-refractivity contribution in [1.82, 2.24) is 10.2 Å². The molecule has 1 N–H and O–H groups in total. The molecule has 2 atom stereocenters. The van der Waals surface area contributed by atoms with Crippen LogP contribution in [-0.2, 0) is 14.3 Å². The summed E-state index contributed by atoms with van der Waals surface area (Å²) in [6.45, 7) is 13.1. The van der Waals surface area contributed by atoms with E-state index in [9.17, 15) is 9.59 Å². The Bertz CT molecular complexity index is 489. The number of hydrogen-bond acceptors (Lipinski definition) is 5. The summed E-state index contributed by atoms with van der Waals surface area (Å²) in [6, 6.07) is -0.402. The van der Waals surface area contributed by atoms with Crippen molar-refractivity contribution >= 4 is 40.2 Å². The van der Waals surface area contributed by atoms with E-state index in [1.807, 2.05) is 27.7 Å². The molecule has 7 heteroatoms. The fraction of sp³-hybridized carbons (Fsp3) is 0.833. The highest BCUT2D eigenvalue weighted by molar-refractivity contribution is 8.22. The number of thioether (sulfide) groups is 1. The molecule has 25 heavy (non-hydrogen) atoms. The second kappa shape index (κ2) is 9.76. The van der Waals surface area contributed by atoms with Crippen LogP contribution in [0.2, 0.25) is 0 Å². The van der Waals surface area contributed by atoms with Crippen LogP contribution >= 0.6 is 24.0 Å². The molecule has 1 saturated heterocycles. The quantitative estimate of drug-likeness (QED) is 0.679. The van der Waals surface area contributed by atoms with Crippen LogP contribution in [0.1, 0.15) is 54.4 Å². The molecular weight excluding hydrogens is 356 g/mol. The van der Waals surface area contributed by atoms with Crippen LogP contribution in [0.3, 0.4) is 0 Å². The van der Waals surface area contributed by atoms with Gasteiger partial charge in [0.05, 0.1) is 6.61 Å². The van der Waals surface area contributed by atoms with Crippen molar-refractivity contribution in [1.29, 1.82) is 0 Å². The molecule has 1 aliphatic rings. The third-order valence-electron chi connectivity index (χ3n) is 3.81. The van der Waals surface area contributed by atoms with Crippen LogP contribution in [0.15, 0.2) is 0 Å². The number of nitrogens with zero attached hydrogens (tertiary/aromatic N) is 1. The summed E-state index contributed by atoms with van der Waals surface area (Å²) >= 11 is 6.61. The van der Waals surface area contributed by atoms with Gasteiger partial charge in [0.25, 0.3) is 0 Å². The Morgan fingerprint density at radius 3 is 2.60 bits per heavy atom. The number of rotatable bonds is 7. The van der Waals surface area contributed by atoms with Crippen molar-refractivity contribution in [2.45, 2.75) is 66.0 Å². The zero-order valence-electron chi connectivity index (χ0n) is 16.3. The van der Waals surface area contributed by atoms with Crippen LogP contribution in [0, 0.1) is 11.8 Å². The second-order valence-electron chi connectivity index (χ2n) is 7.99. The van der Waals surface area contributed by atoms with Gasteiger partial charge in [0.2, 0.25) is 16.2 Å². The van der Waals surface area contributed by atoms with Gasteiger partial charge >= 0.3 is 0 Å². The van der Waals surface area contributed by atoms with E-state index in [2.05, 4.69) is 19.2 Å². The Morgan fingerprint density at radius 2 is 2.08 bits per heavy atom. The number of hydrogen-bond donors (Lipinski definition) is 1. The third-order valence-corrected chi connectivity index (χ3v) is 5.27. The average molecular weight is 389 g/mol. The van der Waals surface area contributed by atoms with Gasteiger partial charge in [-0.3, -0.25) is 9.59 Å². The van der Waals surface area contributed by atoms with Crippen molar-refractivity contribution in [3.63, 3.8) is 0 Å². The van der Waals surface area contributed by atoms with Crippen molar-refractivity contribution in [2.75, 3.05) is 18.9 Å². The highest BCUT2D eigenvalue weighted by Gasteiger charge is 2.38. The predicted octanol–water partition coefficient (Wildman–Crippen LogP) is 3.22. The standard InChI is InChI=1S/C18H32N2O3S2/c1-7-23-17(24)25-11-13-9-15(21)20(10-13)14(8-12(2)3)16(22)19-18(4,5)6/h12-14H,7-11H2,1-6H3,(H,19,22). The van der Waals surface area contributed by atoms with Gasteiger partial charge in [0.15, 0.2) is 0 Å². The van der Waals surface area contributed by atoms with E-state index in [0.717, 1.165) is 5.75 Å². The Balaban J connectivity index is 2.73. The van der Waals surface area contributed by atoms with Gasteiger partial charge in [-0.15, -0.1) is 0 Å². The fourth-order valence-electron chi connectivity index (χ4n) is 2.84. The molecule has 1 rings (SSSR count). The normalized spacial score (nSPS) is 19.2. The molecule has 1 heterocycles. The molecule has 144 valence electrons. The number of carbonyl (C=O) groups is 2. The summed E-state index contributed by atoms with van der Waals surface area (Å²) in [7, 11) is 0. The summed E-state index contributed by atoms with van der Waals surface area (Å²) in [5, 5.41) is 3.03. The van der Waals surface area contributed by atoms with E-state index < -0.39 is 6.04 Å². The molecule has 2 unspecified atom stereocenters. The van der Waals surface area contributed by atoms with E-state index in [0.29, 0.717) is 36.3 Å². The topological polar surface area (TPSA) is 58.6 Å². The lowest BCUT2D eigenvalue weighted by atomic mass is 10.00. The maximum Gasteiger partial charge on any atom is 0.243 e. The van der Waals surface area contributed by atoms with Gasteiger partial charge in [0.1, 0.15) is 6.04 Å². The number of carbonyl (C=O) groups excluding carboxylic acids is 2. The summed E-state index contributed by atoms with van der Waals surface area (Å²) in [4.78, 5) is 27.0. The number of ether oxygens (including phenoxy) is 1. The minimum atomic E-state index is -0.402. The van der Waals surface area contributed by atoms with E-state index in [1.54, 1.807) is 4.90 Å². The van der Waals surface area contributed by atoms with Gasteiger partial charge in [-0.05, 0) is 58.2 Å². The van der Waals surface area contributed by atoms with Gasteiger partial charge in [-0.1, -0.05) is 25.6 Å². The predicted molar refractivity (Wildman–Crippen MR) is 108 cm³/mol. The van der Waals surface area contributed by atoms with Crippen molar-refractivity contribution in [2.24, 2.45) is 11.8 Å². The molecule has 1 aliphatic heterocycles. The molecule has 1 fully saturated rings. The molecule has 2 amide bonds. The summed E-state index contributed by atoms with van der Waals surface area (Å²) in [5.41, 5.74) is -0.311. The lowest BCUT2D eigenvalue weighted by Crippen LogP contribution is -2.53. The van der Waals surface area contributed by atoms with E-state index in [1.165, 1.54) is 11.8 Å². The van der Waals surface area contributed by atoms with E-state index >= 15 is 0 Å². The monoisotopic (exact) mass is 388 g/mol. The van der Waals surface area contributed by atoms with Gasteiger partial charge < -0.3 is 15.0 Å². The molecule has 0 spiro atoms. The molecular formula is C18H32N2O3S2. The molecule has 0 aromatic heterocycles. The van der Waals surface area contributed by atoms with Crippen LogP contribution in [-0.4, -0.2) is 51.6 Å². The third kappa shape index (κ3) is 7.94. The van der Waals surface area contributed by atoms with Crippen LogP contribution < -0.4 is 5.32 Å². The highest BCUT2D eigenvalue weighted by atomic mass is 32.2. The first-order valence-electron chi connectivity index (χ1n) is 8.94. The second-order valence-corrected chi connectivity index (χ2v) is 9.62. The number of likely N-dealkylation sites (tertiary alicyclic amines) is 1. The summed E-state index contributed by atoms with van der Waals surface area (Å²) in [5.74, 6) is 1.28. The largest absolute Gasteiger partial charge is 0.479 e. The Kier molecular flexibility index (Phi) is 8.68. The fourth-order valence-corrected chi connectivity index (χ4v) is 3.96. The smallest absolute Gasteiger partial charge is 0.243 e. The zero-order valence-corrected chi connectivity index (χ0v) is 17.9. The van der Waals surface area contributed by atoms with Crippen molar-refractivity contribution in [3.8, 4) is 0 Å². The van der Waals surface area contributed by atoms with Crippen LogP contribution in [0.4, 0.5) is 0 Å². The minimum Gasteiger partial charge on any atom is -0.479 e. The SMILES string of the molecule is CCOC(=S)SCC1CC(=O)N(C(CC(C)C)C(=O)NC(C)(C)C)C1. The first-order chi connectivity index (χ1) is 11.5. The average Bonchev–Trinajstić information content (AvgIpc) is 2.81. The number of amides is 2. The number of thiocarbonyl (C=S) groups is 1. The van der Waals surface area contributed by atoms with Crippen LogP contribution in [0.5, 0.6) is 0 Å². The molecule has 0 aromatic carbocycles. The van der Waals surface area contributed by atoms with E-state index in [-0.39, 0.29) is 23.3 Å². The van der Waals surface area contributed by atoms with Gasteiger partial charge in [-0.25, -0.2) is 0 Å².